The van der Waals surface area contributed by atoms with Crippen molar-refractivity contribution in [3.63, 3.8) is 0 Å². The van der Waals surface area contributed by atoms with Crippen LogP contribution in [0.5, 0.6) is 0 Å². The third-order valence-electron chi connectivity index (χ3n) is 4.05. The molecule has 1 saturated heterocycles. The number of benzene rings is 1. The molecule has 1 heterocycles. The Balaban J connectivity index is 2.31. The predicted octanol–water partition coefficient (Wildman–Crippen LogP) is 2.67. The van der Waals surface area contributed by atoms with Crippen molar-refractivity contribution in [2.24, 2.45) is 0 Å². The van der Waals surface area contributed by atoms with Crippen molar-refractivity contribution in [3.8, 4) is 0 Å². The number of nitrogens with one attached hydrogen (secondary N) is 1. The zero-order valence-corrected chi connectivity index (χ0v) is 14.2. The molecule has 0 spiro atoms. The van der Waals surface area contributed by atoms with Gasteiger partial charge in [-0.25, -0.2) is 8.42 Å². The third-order valence-corrected chi connectivity index (χ3v) is 6.20. The number of sulfonamides is 1. The van der Waals surface area contributed by atoms with Crippen LogP contribution < -0.4 is 5.32 Å². The van der Waals surface area contributed by atoms with Gasteiger partial charge >= 0.3 is 0 Å². The van der Waals surface area contributed by atoms with Crippen LogP contribution in [-0.2, 0) is 16.6 Å². The Morgan fingerprint density at radius 3 is 2.67 bits per heavy atom. The van der Waals surface area contributed by atoms with Crippen molar-refractivity contribution < 1.29 is 8.42 Å². The molecule has 1 aliphatic heterocycles. The molecule has 1 aliphatic rings. The molecule has 1 aromatic carbocycles. The minimum atomic E-state index is -3.37. The first-order valence-electron chi connectivity index (χ1n) is 7.67. The number of aryl methyl sites for hydroxylation is 1. The molecular weight excluding hydrogens is 284 g/mol. The summed E-state index contributed by atoms with van der Waals surface area (Å²) in [7, 11) is -3.37. The molecule has 1 aromatic rings. The van der Waals surface area contributed by atoms with Crippen molar-refractivity contribution in [1.82, 2.24) is 9.62 Å². The smallest absolute Gasteiger partial charge is 0.243 e. The lowest BCUT2D eigenvalue weighted by Crippen LogP contribution is -2.34. The SMILES string of the molecule is Cc1ccc(CNC(C)C)cc1S(=O)(=O)N1CCCC1C. The lowest BCUT2D eigenvalue weighted by Gasteiger charge is -2.22. The second kappa shape index (κ2) is 6.46. The van der Waals surface area contributed by atoms with Crippen molar-refractivity contribution in [2.45, 2.75) is 64.1 Å². The van der Waals surface area contributed by atoms with E-state index in [0.717, 1.165) is 24.0 Å². The Hall–Kier alpha value is -0.910. The number of nitrogens with zero attached hydrogens (tertiary/aromatic N) is 1. The van der Waals surface area contributed by atoms with E-state index in [9.17, 15) is 8.42 Å². The number of rotatable bonds is 5. The molecule has 0 bridgehead atoms. The van der Waals surface area contributed by atoms with Gasteiger partial charge in [0, 0.05) is 25.2 Å². The molecule has 0 saturated carbocycles. The van der Waals surface area contributed by atoms with Crippen LogP contribution in [0.4, 0.5) is 0 Å². The number of hydrogen-bond acceptors (Lipinski definition) is 3. The first-order valence-corrected chi connectivity index (χ1v) is 9.11. The number of hydrogen-bond donors (Lipinski definition) is 1. The largest absolute Gasteiger partial charge is 0.310 e. The van der Waals surface area contributed by atoms with Crippen molar-refractivity contribution >= 4 is 10.0 Å². The molecule has 0 aromatic heterocycles. The zero-order valence-electron chi connectivity index (χ0n) is 13.4. The summed E-state index contributed by atoms with van der Waals surface area (Å²) in [6.07, 6.45) is 1.90. The summed E-state index contributed by atoms with van der Waals surface area (Å²) in [5, 5.41) is 3.33. The van der Waals surface area contributed by atoms with Gasteiger partial charge in [-0.2, -0.15) is 4.31 Å². The van der Waals surface area contributed by atoms with Crippen LogP contribution in [-0.4, -0.2) is 31.4 Å². The summed E-state index contributed by atoms with van der Waals surface area (Å²) in [6, 6.07) is 6.21. The van der Waals surface area contributed by atoms with E-state index in [4.69, 9.17) is 0 Å². The third kappa shape index (κ3) is 3.65. The molecule has 0 amide bonds. The molecule has 1 fully saturated rings. The standard InChI is InChI=1S/C16H26N2O2S/c1-12(2)17-11-15-8-7-13(3)16(10-15)21(19,20)18-9-5-6-14(18)4/h7-8,10,12,14,17H,5-6,9,11H2,1-4H3. The summed E-state index contributed by atoms with van der Waals surface area (Å²) < 4.78 is 27.4. The van der Waals surface area contributed by atoms with Crippen molar-refractivity contribution in [1.29, 1.82) is 0 Å². The van der Waals surface area contributed by atoms with Crippen LogP contribution in [0.3, 0.4) is 0 Å². The van der Waals surface area contributed by atoms with Gasteiger partial charge in [0.2, 0.25) is 10.0 Å². The van der Waals surface area contributed by atoms with Crippen molar-refractivity contribution in [2.75, 3.05) is 6.54 Å². The molecule has 0 radical (unpaired) electrons. The summed E-state index contributed by atoms with van der Waals surface area (Å²) in [5.74, 6) is 0. The Labute approximate surface area is 128 Å². The maximum absolute atomic E-state index is 12.9. The molecule has 1 unspecified atom stereocenters. The maximum Gasteiger partial charge on any atom is 0.243 e. The van der Waals surface area contributed by atoms with E-state index in [0.29, 0.717) is 24.0 Å². The lowest BCUT2D eigenvalue weighted by atomic mass is 10.1. The molecule has 1 N–H and O–H groups in total. The monoisotopic (exact) mass is 310 g/mol. The molecule has 5 heteroatoms. The minimum Gasteiger partial charge on any atom is -0.310 e. The topological polar surface area (TPSA) is 49.4 Å². The van der Waals surface area contributed by atoms with Crippen LogP contribution in [0.15, 0.2) is 23.1 Å². The van der Waals surface area contributed by atoms with Gasteiger partial charge in [-0.15, -0.1) is 0 Å². The fraction of sp³-hybridized carbons (Fsp3) is 0.625. The highest BCUT2D eigenvalue weighted by Crippen LogP contribution is 2.28. The molecule has 1 atom stereocenters. The Morgan fingerprint density at radius 2 is 2.10 bits per heavy atom. The van der Waals surface area contributed by atoms with Crippen LogP contribution >= 0.6 is 0 Å². The van der Waals surface area contributed by atoms with Crippen LogP contribution in [0.2, 0.25) is 0 Å². The average molecular weight is 310 g/mol. The second-order valence-corrected chi connectivity index (χ2v) is 8.10. The molecule has 0 aliphatic carbocycles. The van der Waals surface area contributed by atoms with E-state index in [1.807, 2.05) is 32.0 Å². The first-order chi connectivity index (χ1) is 9.82. The van der Waals surface area contributed by atoms with E-state index in [1.165, 1.54) is 0 Å². The fourth-order valence-electron chi connectivity index (χ4n) is 2.74. The molecule has 2 rings (SSSR count). The summed E-state index contributed by atoms with van der Waals surface area (Å²) in [4.78, 5) is 0.458. The lowest BCUT2D eigenvalue weighted by molar-refractivity contribution is 0.408. The molecular formula is C16H26N2O2S. The van der Waals surface area contributed by atoms with Gasteiger partial charge in [-0.05, 0) is 43.9 Å². The summed E-state index contributed by atoms with van der Waals surface area (Å²) in [5.41, 5.74) is 1.84. The Morgan fingerprint density at radius 1 is 1.38 bits per heavy atom. The maximum atomic E-state index is 12.9. The van der Waals surface area contributed by atoms with Crippen LogP contribution in [0.1, 0.15) is 44.7 Å². The second-order valence-electron chi connectivity index (χ2n) is 6.24. The molecule has 118 valence electrons. The normalized spacial score (nSPS) is 20.3. The van der Waals surface area contributed by atoms with Gasteiger partial charge in [0.1, 0.15) is 0 Å². The van der Waals surface area contributed by atoms with E-state index >= 15 is 0 Å². The highest BCUT2D eigenvalue weighted by molar-refractivity contribution is 7.89. The minimum absolute atomic E-state index is 0.104. The summed E-state index contributed by atoms with van der Waals surface area (Å²) in [6.45, 7) is 9.35. The predicted molar refractivity (Wildman–Crippen MR) is 85.7 cm³/mol. The fourth-order valence-corrected chi connectivity index (χ4v) is 4.72. The van der Waals surface area contributed by atoms with E-state index in [-0.39, 0.29) is 6.04 Å². The van der Waals surface area contributed by atoms with Gasteiger partial charge in [0.05, 0.1) is 4.90 Å². The van der Waals surface area contributed by atoms with E-state index in [1.54, 1.807) is 4.31 Å². The van der Waals surface area contributed by atoms with Gasteiger partial charge in [-0.3, -0.25) is 0 Å². The van der Waals surface area contributed by atoms with E-state index < -0.39 is 10.0 Å². The van der Waals surface area contributed by atoms with Gasteiger partial charge < -0.3 is 5.32 Å². The Bertz CT molecular complexity index is 596. The average Bonchev–Trinajstić information content (AvgIpc) is 2.84. The van der Waals surface area contributed by atoms with Gasteiger partial charge in [-0.1, -0.05) is 26.0 Å². The highest BCUT2D eigenvalue weighted by Gasteiger charge is 2.33. The highest BCUT2D eigenvalue weighted by atomic mass is 32.2. The zero-order chi connectivity index (χ0) is 15.6. The van der Waals surface area contributed by atoms with Gasteiger partial charge in [0.25, 0.3) is 0 Å². The Kier molecular flexibility index (Phi) is 5.07. The van der Waals surface area contributed by atoms with E-state index in [2.05, 4.69) is 19.2 Å². The quantitative estimate of drug-likeness (QED) is 0.909. The van der Waals surface area contributed by atoms with Crippen LogP contribution in [0.25, 0.3) is 0 Å². The summed E-state index contributed by atoms with van der Waals surface area (Å²) >= 11 is 0. The van der Waals surface area contributed by atoms with Crippen molar-refractivity contribution in [3.05, 3.63) is 29.3 Å². The first kappa shape index (κ1) is 16.5. The molecule has 4 nitrogen and oxygen atoms in total. The van der Waals surface area contributed by atoms with Crippen LogP contribution in [0, 0.1) is 6.92 Å². The van der Waals surface area contributed by atoms with Gasteiger partial charge in [0.15, 0.2) is 0 Å². The molecule has 21 heavy (non-hydrogen) atoms.